The van der Waals surface area contributed by atoms with Crippen LogP contribution in [0.4, 0.5) is 0 Å². The molecule has 1 aliphatic rings. The minimum absolute atomic E-state index is 0.0408. The van der Waals surface area contributed by atoms with Crippen LogP contribution in [0.3, 0.4) is 0 Å². The molecule has 38 heavy (non-hydrogen) atoms. The molecule has 3 aromatic carbocycles. The molecule has 2 N–H and O–H groups in total. The summed E-state index contributed by atoms with van der Waals surface area (Å²) >= 11 is 5.55. The molecule has 1 saturated heterocycles. The van der Waals surface area contributed by atoms with Crippen molar-refractivity contribution in [1.29, 1.82) is 0 Å². The maximum atomic E-state index is 13.5. The van der Waals surface area contributed by atoms with Crippen LogP contribution in [0.5, 0.6) is 5.75 Å². The molecule has 1 heterocycles. The van der Waals surface area contributed by atoms with E-state index in [1.807, 2.05) is 78.9 Å². The highest BCUT2D eigenvalue weighted by Gasteiger charge is 2.35. The summed E-state index contributed by atoms with van der Waals surface area (Å²) in [5, 5.41) is 5.65. The van der Waals surface area contributed by atoms with Gasteiger partial charge in [-0.05, 0) is 35.5 Å². The summed E-state index contributed by atoms with van der Waals surface area (Å²) in [6.07, 6.45) is -0.214. The molecular weight excluding hydrogens is 502 g/mol. The topological polar surface area (TPSA) is 97.0 Å². The van der Waals surface area contributed by atoms with Crippen LogP contribution in [0.2, 0.25) is 0 Å². The largest absolute Gasteiger partial charge is 0.490 e. The highest BCUT2D eigenvalue weighted by molar-refractivity contribution is 7.80. The lowest BCUT2D eigenvalue weighted by Gasteiger charge is -2.36. The number of piperazine rings is 1. The Morgan fingerprint density at radius 1 is 0.921 bits per heavy atom. The zero-order valence-corrected chi connectivity index (χ0v) is 21.6. The first-order valence-electron chi connectivity index (χ1n) is 12.4. The first-order valence-corrected chi connectivity index (χ1v) is 12.8. The molecular formula is C29H29N3O5S. The molecule has 1 aliphatic heterocycles. The minimum Gasteiger partial charge on any atom is -0.490 e. The molecule has 0 bridgehead atoms. The van der Waals surface area contributed by atoms with Gasteiger partial charge in [0.2, 0.25) is 11.8 Å². The number of esters is 1. The van der Waals surface area contributed by atoms with Crippen molar-refractivity contribution in [1.82, 2.24) is 15.5 Å². The van der Waals surface area contributed by atoms with Gasteiger partial charge in [0.15, 0.2) is 5.11 Å². The van der Waals surface area contributed by atoms with Gasteiger partial charge in [0.25, 0.3) is 0 Å². The number of nitrogens with one attached hydrogen (secondary N) is 2. The minimum atomic E-state index is -0.897. The van der Waals surface area contributed by atoms with E-state index in [1.165, 1.54) is 0 Å². The third-order valence-corrected chi connectivity index (χ3v) is 6.40. The van der Waals surface area contributed by atoms with E-state index >= 15 is 0 Å². The number of benzene rings is 3. The van der Waals surface area contributed by atoms with Gasteiger partial charge in [-0.1, -0.05) is 78.9 Å². The van der Waals surface area contributed by atoms with Crippen LogP contribution in [0.25, 0.3) is 0 Å². The van der Waals surface area contributed by atoms with Crippen molar-refractivity contribution in [3.63, 3.8) is 0 Å². The van der Waals surface area contributed by atoms with Crippen molar-refractivity contribution in [3.8, 4) is 5.75 Å². The fourth-order valence-electron chi connectivity index (χ4n) is 4.24. The summed E-state index contributed by atoms with van der Waals surface area (Å²) in [6.45, 7) is 0.914. The van der Waals surface area contributed by atoms with Crippen LogP contribution in [-0.2, 0) is 19.1 Å². The molecule has 1 unspecified atom stereocenters. The molecule has 196 valence electrons. The van der Waals surface area contributed by atoms with Gasteiger partial charge in [-0.2, -0.15) is 0 Å². The number of nitrogens with zero attached hydrogens (tertiary/aromatic N) is 1. The third kappa shape index (κ3) is 7.17. The van der Waals surface area contributed by atoms with E-state index in [4.69, 9.17) is 21.7 Å². The molecule has 9 heteroatoms. The summed E-state index contributed by atoms with van der Waals surface area (Å²) in [5.41, 5.74) is 1.63. The van der Waals surface area contributed by atoms with Crippen LogP contribution in [0, 0.1) is 0 Å². The normalized spacial score (nSPS) is 14.9. The lowest BCUT2D eigenvalue weighted by atomic mass is 9.90. The first-order chi connectivity index (χ1) is 18.5. The molecule has 0 radical (unpaired) electrons. The number of hydrogen-bond acceptors (Lipinski definition) is 6. The fourth-order valence-corrected chi connectivity index (χ4v) is 4.56. The molecule has 2 amide bonds. The van der Waals surface area contributed by atoms with Gasteiger partial charge < -0.3 is 25.0 Å². The van der Waals surface area contributed by atoms with E-state index in [0.29, 0.717) is 18.8 Å². The first kappa shape index (κ1) is 26.8. The van der Waals surface area contributed by atoms with E-state index in [0.717, 1.165) is 11.1 Å². The van der Waals surface area contributed by atoms with E-state index in [9.17, 15) is 14.4 Å². The van der Waals surface area contributed by atoms with Crippen LogP contribution in [-0.4, -0.2) is 60.1 Å². The van der Waals surface area contributed by atoms with Crippen LogP contribution < -0.4 is 15.4 Å². The molecule has 0 spiro atoms. The van der Waals surface area contributed by atoms with Crippen molar-refractivity contribution >= 4 is 35.1 Å². The second kappa shape index (κ2) is 13.3. The number of carbonyl (C=O) groups is 3. The van der Waals surface area contributed by atoms with E-state index < -0.39 is 17.9 Å². The van der Waals surface area contributed by atoms with Gasteiger partial charge in [-0.15, -0.1) is 0 Å². The Morgan fingerprint density at radius 2 is 1.50 bits per heavy atom. The Bertz CT molecular complexity index is 1200. The van der Waals surface area contributed by atoms with Crippen molar-refractivity contribution in [2.24, 2.45) is 0 Å². The summed E-state index contributed by atoms with van der Waals surface area (Å²) in [4.78, 5) is 40.2. The highest BCUT2D eigenvalue weighted by atomic mass is 32.1. The average Bonchev–Trinajstić information content (AvgIpc) is 2.94. The monoisotopic (exact) mass is 531 g/mol. The highest BCUT2D eigenvalue weighted by Crippen LogP contribution is 2.25. The summed E-state index contributed by atoms with van der Waals surface area (Å²) in [7, 11) is 0. The molecule has 4 rings (SSSR count). The number of ether oxygens (including phenoxy) is 2. The molecule has 1 fully saturated rings. The lowest BCUT2D eigenvalue weighted by molar-refractivity contribution is -0.148. The second-order valence-electron chi connectivity index (χ2n) is 8.64. The van der Waals surface area contributed by atoms with Crippen molar-refractivity contribution in [2.45, 2.75) is 18.4 Å². The maximum Gasteiger partial charge on any atom is 0.308 e. The maximum absolute atomic E-state index is 13.5. The van der Waals surface area contributed by atoms with Gasteiger partial charge in [-0.25, -0.2) is 0 Å². The molecule has 1 atom stereocenters. The van der Waals surface area contributed by atoms with Crippen molar-refractivity contribution < 1.29 is 23.9 Å². The van der Waals surface area contributed by atoms with Crippen LogP contribution in [0.15, 0.2) is 91.0 Å². The Balaban J connectivity index is 1.38. The number of para-hydroxylation sites is 1. The van der Waals surface area contributed by atoms with Crippen molar-refractivity contribution in [3.05, 3.63) is 102 Å². The van der Waals surface area contributed by atoms with Gasteiger partial charge in [0, 0.05) is 13.1 Å². The van der Waals surface area contributed by atoms with E-state index in [2.05, 4.69) is 10.6 Å². The number of amides is 2. The number of carbonyl (C=O) groups excluding carboxylic acids is 3. The predicted octanol–water partition coefficient (Wildman–Crippen LogP) is 3.03. The standard InChI is InChI=1S/C29H29N3O5S/c33-25(37-19-18-36-23-14-8-3-9-15-23)20-24-27(34)30-16-17-32(24)29(38)31-28(35)26(21-10-4-1-5-11-21)22-12-6-2-7-13-22/h1-15,24,26H,16-20H2,(H,30,34)(H,31,35,38). The van der Waals surface area contributed by atoms with Gasteiger partial charge in [-0.3, -0.25) is 14.4 Å². The quantitative estimate of drug-likeness (QED) is 0.249. The lowest BCUT2D eigenvalue weighted by Crippen LogP contribution is -2.60. The third-order valence-electron chi connectivity index (χ3n) is 6.07. The molecule has 3 aromatic rings. The van der Waals surface area contributed by atoms with Gasteiger partial charge >= 0.3 is 5.97 Å². The second-order valence-corrected chi connectivity index (χ2v) is 9.02. The summed E-state index contributed by atoms with van der Waals surface area (Å²) in [5.74, 6) is -1.16. The Morgan fingerprint density at radius 3 is 2.11 bits per heavy atom. The zero-order valence-electron chi connectivity index (χ0n) is 20.7. The smallest absolute Gasteiger partial charge is 0.308 e. The van der Waals surface area contributed by atoms with Crippen LogP contribution in [0.1, 0.15) is 23.5 Å². The van der Waals surface area contributed by atoms with Crippen molar-refractivity contribution in [2.75, 3.05) is 26.3 Å². The molecule has 8 nitrogen and oxygen atoms in total. The Labute approximate surface area is 226 Å². The summed E-state index contributed by atoms with van der Waals surface area (Å²) < 4.78 is 10.8. The van der Waals surface area contributed by atoms with E-state index in [1.54, 1.807) is 17.0 Å². The van der Waals surface area contributed by atoms with Gasteiger partial charge in [0.1, 0.15) is 25.0 Å². The Hall–Kier alpha value is -4.24. The molecule has 0 aliphatic carbocycles. The number of thiocarbonyl (C=S) groups is 1. The number of rotatable bonds is 9. The average molecular weight is 532 g/mol. The Kier molecular flexibility index (Phi) is 9.42. The zero-order chi connectivity index (χ0) is 26.7. The predicted molar refractivity (Wildman–Crippen MR) is 146 cm³/mol. The number of hydrogen-bond donors (Lipinski definition) is 2. The van der Waals surface area contributed by atoms with E-state index in [-0.39, 0.29) is 36.6 Å². The summed E-state index contributed by atoms with van der Waals surface area (Å²) in [6, 6.07) is 27.1. The molecule has 0 saturated carbocycles. The fraction of sp³-hybridized carbons (Fsp3) is 0.241. The van der Waals surface area contributed by atoms with Crippen LogP contribution >= 0.6 is 12.2 Å². The molecule has 0 aromatic heterocycles. The SMILES string of the molecule is O=C(CC1C(=O)NCCN1C(=S)NC(=O)C(c1ccccc1)c1ccccc1)OCCOc1ccccc1. The van der Waals surface area contributed by atoms with Gasteiger partial charge in [0.05, 0.1) is 12.3 Å².